The average Bonchev–Trinajstić information content (AvgIpc) is 0.815. The molecule has 107 heavy (non-hydrogen) atoms. The number of likely N-dealkylation sites (N-methyl/N-ethyl adjacent to an activating group) is 5. The van der Waals surface area contributed by atoms with Crippen LogP contribution in [0.15, 0.2) is 60.7 Å². The van der Waals surface area contributed by atoms with Crippen LogP contribution in [0, 0.1) is 17.8 Å². The molecule has 0 saturated carbocycles. The Labute approximate surface area is 632 Å². The van der Waals surface area contributed by atoms with Gasteiger partial charge in [-0.15, -0.1) is 0 Å². The molecular formula is C78H125F2N13O14. The Kier molecular flexibility index (Phi) is 35.1. The van der Waals surface area contributed by atoms with Crippen molar-refractivity contribution in [3.05, 3.63) is 71.8 Å². The average molecular weight is 1510 g/mol. The summed E-state index contributed by atoms with van der Waals surface area (Å²) in [7, 11) is 6.87. The zero-order chi connectivity index (χ0) is 79.9. The Hall–Kier alpha value is -7.73. The van der Waals surface area contributed by atoms with Crippen molar-refractivity contribution in [1.29, 1.82) is 0 Å². The van der Waals surface area contributed by atoms with Gasteiger partial charge in [0.05, 0.1) is 37.4 Å². The molecule has 3 aliphatic rings. The maximum atomic E-state index is 15.6. The van der Waals surface area contributed by atoms with Crippen LogP contribution in [-0.2, 0) is 70.3 Å². The number of nitrogens with one attached hydrogen (secondary N) is 5. The Morgan fingerprint density at radius 2 is 1.14 bits per heavy atom. The third-order valence-electron chi connectivity index (χ3n) is 20.2. The summed E-state index contributed by atoms with van der Waals surface area (Å²) in [4.78, 5) is 177. The van der Waals surface area contributed by atoms with E-state index in [-0.39, 0.29) is 76.4 Å². The molecule has 1 unspecified atom stereocenters. The second kappa shape index (κ2) is 41.7. The van der Waals surface area contributed by atoms with Gasteiger partial charge in [0.2, 0.25) is 65.0 Å². The van der Waals surface area contributed by atoms with E-state index in [0.29, 0.717) is 49.9 Å². The lowest BCUT2D eigenvalue weighted by Gasteiger charge is -2.38. The van der Waals surface area contributed by atoms with E-state index in [1.165, 1.54) is 68.7 Å². The first-order valence-electron chi connectivity index (χ1n) is 38.2. The summed E-state index contributed by atoms with van der Waals surface area (Å²) in [6.45, 7) is 19.5. The Morgan fingerprint density at radius 1 is 0.607 bits per heavy atom. The third kappa shape index (κ3) is 27.1. The van der Waals surface area contributed by atoms with Gasteiger partial charge in [-0.3, -0.25) is 63.0 Å². The molecule has 3 saturated heterocycles. The SMILES string of the molecule is CCCCN1CC(=O)N(C)[C@@H](CC(C)C)C(=O)N[C@@H](COC(C)(C)C)C(=O)N(C)[C@@H](Cc2ccccc2)C(=O)N(C)[C@@H](C(C)C)C(=O)N[C@H](C(=O)N2CCCCC2)CC(O)N[C@H](C)C(=O)N(C)[C@@H](Cc2ccccc2)C(=O)N[C@@H](CC(C)C)C(=O)N(C)[C@@H](CCN2CCCC(F)(F)C2)C(=O)N[C@@H]([C@@H](C)O)C1=O. The van der Waals surface area contributed by atoms with Gasteiger partial charge in [-0.2, -0.15) is 0 Å². The van der Waals surface area contributed by atoms with E-state index in [2.05, 4.69) is 26.6 Å². The summed E-state index contributed by atoms with van der Waals surface area (Å²) in [5, 5.41) is 37.7. The molecule has 0 radical (unpaired) electrons. The van der Waals surface area contributed by atoms with Crippen LogP contribution in [0.3, 0.4) is 0 Å². The highest BCUT2D eigenvalue weighted by Gasteiger charge is 2.45. The number of carbonyl (C=O) groups excluding carboxylic acids is 11. The van der Waals surface area contributed by atoms with Gasteiger partial charge >= 0.3 is 0 Å². The molecule has 0 bridgehead atoms. The largest absolute Gasteiger partial charge is 0.391 e. The summed E-state index contributed by atoms with van der Waals surface area (Å²) < 4.78 is 36.3. The number of rotatable bonds is 19. The summed E-state index contributed by atoms with van der Waals surface area (Å²) in [5.41, 5.74) is 0.357. The molecule has 0 aliphatic carbocycles. The molecule has 2 aromatic rings. The van der Waals surface area contributed by atoms with Gasteiger partial charge in [-0.1, -0.05) is 116 Å². The number of amides is 11. The van der Waals surface area contributed by atoms with Crippen LogP contribution >= 0.6 is 0 Å². The fourth-order valence-corrected chi connectivity index (χ4v) is 14.1. The second-order valence-corrected chi connectivity index (χ2v) is 31.7. The van der Waals surface area contributed by atoms with Gasteiger partial charge in [0.1, 0.15) is 60.6 Å². The maximum absolute atomic E-state index is 15.6. The van der Waals surface area contributed by atoms with Crippen molar-refractivity contribution in [2.45, 2.75) is 251 Å². The lowest BCUT2D eigenvalue weighted by molar-refractivity contribution is -0.152. The number of likely N-dealkylation sites (tertiary alicyclic amines) is 2. The molecule has 12 atom stereocenters. The number of alkyl halides is 2. The molecule has 29 heteroatoms. The van der Waals surface area contributed by atoms with Crippen molar-refractivity contribution in [3.63, 3.8) is 0 Å². The molecule has 7 N–H and O–H groups in total. The van der Waals surface area contributed by atoms with E-state index >= 15 is 47.1 Å². The van der Waals surface area contributed by atoms with E-state index in [1.807, 2.05) is 20.8 Å². The zero-order valence-electron chi connectivity index (χ0n) is 66.4. The second-order valence-electron chi connectivity index (χ2n) is 31.7. The number of aliphatic hydroxyl groups is 2. The van der Waals surface area contributed by atoms with Crippen LogP contribution in [0.2, 0.25) is 0 Å². The van der Waals surface area contributed by atoms with Gasteiger partial charge in [0.25, 0.3) is 5.92 Å². The number of ether oxygens (including phenoxy) is 1. The van der Waals surface area contributed by atoms with Crippen molar-refractivity contribution in [2.24, 2.45) is 17.8 Å². The summed E-state index contributed by atoms with van der Waals surface area (Å²) in [6.07, 6.45) is -1.41. The highest BCUT2D eigenvalue weighted by atomic mass is 19.3. The predicted octanol–water partition coefficient (Wildman–Crippen LogP) is 3.95. The van der Waals surface area contributed by atoms with E-state index in [9.17, 15) is 24.6 Å². The quantitative estimate of drug-likeness (QED) is 0.105. The van der Waals surface area contributed by atoms with Crippen molar-refractivity contribution in [3.8, 4) is 0 Å². The molecule has 11 amide bonds. The lowest BCUT2D eigenvalue weighted by Crippen LogP contribution is -2.62. The number of benzene rings is 2. The van der Waals surface area contributed by atoms with Crippen molar-refractivity contribution in [2.75, 3.05) is 87.7 Å². The Bertz CT molecular complexity index is 3270. The minimum absolute atomic E-state index is 0.0143. The summed E-state index contributed by atoms with van der Waals surface area (Å²) in [6, 6.07) is 3.30. The number of piperidine rings is 2. The lowest BCUT2D eigenvalue weighted by atomic mass is 9.97. The zero-order valence-corrected chi connectivity index (χ0v) is 66.4. The van der Waals surface area contributed by atoms with E-state index in [4.69, 9.17) is 4.74 Å². The molecule has 27 nitrogen and oxygen atoms in total. The molecule has 5 rings (SSSR count). The van der Waals surface area contributed by atoms with Crippen LogP contribution in [0.4, 0.5) is 8.78 Å². The Balaban J connectivity index is 1.72. The van der Waals surface area contributed by atoms with E-state index in [1.54, 1.807) is 114 Å². The smallest absolute Gasteiger partial charge is 0.260 e. The minimum Gasteiger partial charge on any atom is -0.391 e. The molecule has 3 aliphatic heterocycles. The van der Waals surface area contributed by atoms with Crippen LogP contribution in [0.25, 0.3) is 0 Å². The topological polar surface area (TPSA) is 324 Å². The van der Waals surface area contributed by atoms with Gasteiger partial charge < -0.3 is 70.5 Å². The first-order chi connectivity index (χ1) is 50.2. The van der Waals surface area contributed by atoms with Crippen molar-refractivity contribution >= 4 is 65.0 Å². The maximum Gasteiger partial charge on any atom is 0.260 e. The summed E-state index contributed by atoms with van der Waals surface area (Å²) >= 11 is 0. The number of hydrogen-bond donors (Lipinski definition) is 7. The van der Waals surface area contributed by atoms with Crippen LogP contribution in [0.5, 0.6) is 0 Å². The van der Waals surface area contributed by atoms with E-state index in [0.717, 1.165) is 21.1 Å². The number of halogens is 2. The van der Waals surface area contributed by atoms with Gasteiger partial charge in [0, 0.05) is 87.1 Å². The number of hydrogen-bond acceptors (Lipinski definition) is 16. The fourth-order valence-electron chi connectivity index (χ4n) is 14.1. The number of nitrogens with zero attached hydrogens (tertiary/aromatic N) is 8. The van der Waals surface area contributed by atoms with Crippen LogP contribution in [0.1, 0.15) is 165 Å². The van der Waals surface area contributed by atoms with Gasteiger partial charge in [0.15, 0.2) is 0 Å². The number of carbonyl (C=O) groups is 11. The minimum atomic E-state index is -3.05. The van der Waals surface area contributed by atoms with Crippen molar-refractivity contribution in [1.82, 2.24) is 65.8 Å². The van der Waals surface area contributed by atoms with Gasteiger partial charge in [-0.05, 0) is 121 Å². The molecule has 3 heterocycles. The molecule has 2 aromatic carbocycles. The van der Waals surface area contributed by atoms with Gasteiger partial charge in [-0.25, -0.2) is 8.78 Å². The molecule has 0 spiro atoms. The highest BCUT2D eigenvalue weighted by Crippen LogP contribution is 2.28. The number of unbranched alkanes of at least 4 members (excludes halogenated alkanes) is 1. The molecular weight excluding hydrogens is 1380 g/mol. The monoisotopic (exact) mass is 1510 g/mol. The summed E-state index contributed by atoms with van der Waals surface area (Å²) in [5.74, 6) is -12.8. The standard InChI is InChI=1S/C78H125F2N13O14/c1-18-19-37-93-46-64(96)86(13)60(42-50(4)5)68(98)84-58(47-107-77(10,11)12)73(103)89(16)62(44-55-32-25-21-26-33-55)75(105)90(17)66(51(6)7)70(100)83-57(74(104)92-38-27-22-28-39-92)45-63(95)81-52(8)71(101)88(15)61(43-54-30-23-20-24-31-54)69(99)82-56(41-49(2)3)72(102)87(14)59(67(97)85-65(53(9)94)76(93)106)34-40-91-36-29-35-78(79,80)48-91/h20-21,23-26,30-33,49-53,56-63,65-66,81,94-95H,18-19,22,27-29,34-48H2,1-17H3,(H,82,99)(H,83,100)(H,84,98)(H,85,97)/t52-,53-,56+,57+,58+,59+,60+,61+,62+,63?,65+,66+/m1/s1. The normalized spacial score (nSPS) is 26.5. The van der Waals surface area contributed by atoms with Crippen LogP contribution < -0.4 is 26.6 Å². The highest BCUT2D eigenvalue weighted by molar-refractivity contribution is 5.99. The number of aliphatic hydroxyl groups excluding tert-OH is 2. The van der Waals surface area contributed by atoms with Crippen LogP contribution in [-0.4, -0.2) is 286 Å². The van der Waals surface area contributed by atoms with Crippen molar-refractivity contribution < 1.29 is 76.5 Å². The first kappa shape index (κ1) is 89.9. The molecule has 0 aromatic heterocycles. The molecule has 3 fully saturated rings. The first-order valence-corrected chi connectivity index (χ1v) is 38.2. The fraction of sp³-hybridized carbons (Fsp3) is 0.705. The molecule has 600 valence electrons. The third-order valence-corrected chi connectivity index (χ3v) is 20.2. The van der Waals surface area contributed by atoms with E-state index < -0.39 is 181 Å². The Morgan fingerprint density at radius 3 is 1.68 bits per heavy atom. The predicted molar refractivity (Wildman–Crippen MR) is 402 cm³/mol.